The summed E-state index contributed by atoms with van der Waals surface area (Å²) in [4.78, 5) is 18.0. The third kappa shape index (κ3) is 3.44. The van der Waals surface area contributed by atoms with Gasteiger partial charge >= 0.3 is 6.03 Å². The van der Waals surface area contributed by atoms with Crippen LogP contribution < -0.4 is 5.32 Å². The summed E-state index contributed by atoms with van der Waals surface area (Å²) in [5.74, 6) is 0.168. The van der Waals surface area contributed by atoms with E-state index in [0.717, 1.165) is 37.2 Å². The van der Waals surface area contributed by atoms with E-state index in [4.69, 9.17) is 4.42 Å². The van der Waals surface area contributed by atoms with Crippen LogP contribution in [0.2, 0.25) is 0 Å². The normalized spacial score (nSPS) is 14.3. The number of carbonyl (C=O) groups excluding carboxylic acids is 1. The van der Waals surface area contributed by atoms with Gasteiger partial charge in [-0.05, 0) is 37.1 Å². The second kappa shape index (κ2) is 6.60. The van der Waals surface area contributed by atoms with Crippen molar-refractivity contribution in [3.8, 4) is 11.5 Å². The van der Waals surface area contributed by atoms with Crippen LogP contribution in [0.25, 0.3) is 11.5 Å². The minimum absolute atomic E-state index is 0.0141. The molecule has 0 aliphatic carbocycles. The Morgan fingerprint density at radius 1 is 1.27 bits per heavy atom. The Kier molecular flexibility index (Phi) is 4.37. The van der Waals surface area contributed by atoms with E-state index in [9.17, 15) is 9.18 Å². The summed E-state index contributed by atoms with van der Waals surface area (Å²) in [5, 5.41) is 2.89. The molecule has 2 heterocycles. The predicted octanol–water partition coefficient (Wildman–Crippen LogP) is 2.83. The Morgan fingerprint density at radius 3 is 2.73 bits per heavy atom. The molecule has 1 saturated heterocycles. The molecule has 3 rings (SSSR count). The summed E-state index contributed by atoms with van der Waals surface area (Å²) >= 11 is 0. The highest BCUT2D eigenvalue weighted by Gasteiger charge is 2.17. The van der Waals surface area contributed by atoms with Crippen molar-refractivity contribution in [3.05, 3.63) is 42.0 Å². The number of hydrogen-bond donors (Lipinski definition) is 1. The molecule has 1 aromatic carbocycles. The van der Waals surface area contributed by atoms with Crippen LogP contribution in [-0.2, 0) is 6.42 Å². The third-order valence-corrected chi connectivity index (χ3v) is 3.69. The van der Waals surface area contributed by atoms with Gasteiger partial charge in [-0.3, -0.25) is 0 Å². The molecule has 6 heteroatoms. The van der Waals surface area contributed by atoms with E-state index in [1.807, 2.05) is 4.90 Å². The van der Waals surface area contributed by atoms with Gasteiger partial charge in [0, 0.05) is 31.6 Å². The number of amides is 2. The quantitative estimate of drug-likeness (QED) is 0.945. The van der Waals surface area contributed by atoms with Crippen molar-refractivity contribution in [1.82, 2.24) is 15.2 Å². The number of halogens is 1. The number of hydrogen-bond acceptors (Lipinski definition) is 3. The lowest BCUT2D eigenvalue weighted by atomic mass is 10.2. The molecule has 0 saturated carbocycles. The van der Waals surface area contributed by atoms with E-state index in [2.05, 4.69) is 10.3 Å². The molecule has 0 bridgehead atoms. The molecule has 2 amide bonds. The second-order valence-electron chi connectivity index (χ2n) is 5.33. The number of rotatable bonds is 4. The minimum atomic E-state index is -0.292. The first kappa shape index (κ1) is 14.6. The monoisotopic (exact) mass is 303 g/mol. The van der Waals surface area contributed by atoms with Crippen molar-refractivity contribution in [3.63, 3.8) is 0 Å². The first-order valence-corrected chi connectivity index (χ1v) is 7.45. The van der Waals surface area contributed by atoms with Gasteiger partial charge in [-0.2, -0.15) is 0 Å². The lowest BCUT2D eigenvalue weighted by Crippen LogP contribution is -2.38. The number of carbonyl (C=O) groups is 1. The molecular weight excluding hydrogens is 285 g/mol. The molecule has 116 valence electrons. The van der Waals surface area contributed by atoms with Crippen molar-refractivity contribution in [1.29, 1.82) is 0 Å². The van der Waals surface area contributed by atoms with Crippen LogP contribution in [0, 0.1) is 5.82 Å². The van der Waals surface area contributed by atoms with E-state index in [1.54, 1.807) is 18.4 Å². The van der Waals surface area contributed by atoms with Crippen LogP contribution in [0.4, 0.5) is 9.18 Å². The summed E-state index contributed by atoms with van der Waals surface area (Å²) < 4.78 is 18.3. The highest BCUT2D eigenvalue weighted by molar-refractivity contribution is 5.74. The summed E-state index contributed by atoms with van der Waals surface area (Å²) in [5.41, 5.74) is 1.50. The van der Waals surface area contributed by atoms with E-state index < -0.39 is 0 Å². The zero-order valence-corrected chi connectivity index (χ0v) is 12.2. The largest absolute Gasteiger partial charge is 0.444 e. The number of oxazole rings is 1. The van der Waals surface area contributed by atoms with Crippen LogP contribution >= 0.6 is 0 Å². The molecule has 22 heavy (non-hydrogen) atoms. The molecule has 1 aliphatic rings. The molecule has 1 fully saturated rings. The highest BCUT2D eigenvalue weighted by Crippen LogP contribution is 2.19. The van der Waals surface area contributed by atoms with E-state index >= 15 is 0 Å². The topological polar surface area (TPSA) is 58.4 Å². The number of urea groups is 1. The maximum absolute atomic E-state index is 12.9. The van der Waals surface area contributed by atoms with Gasteiger partial charge in [0.1, 0.15) is 12.1 Å². The van der Waals surface area contributed by atoms with Crippen molar-refractivity contribution >= 4 is 6.03 Å². The minimum Gasteiger partial charge on any atom is -0.444 e. The maximum atomic E-state index is 12.9. The Bertz CT molecular complexity index is 633. The zero-order chi connectivity index (χ0) is 15.4. The van der Waals surface area contributed by atoms with Gasteiger partial charge in [-0.15, -0.1) is 0 Å². The van der Waals surface area contributed by atoms with Gasteiger partial charge in [-0.25, -0.2) is 14.2 Å². The Morgan fingerprint density at radius 2 is 2.00 bits per heavy atom. The van der Waals surface area contributed by atoms with Gasteiger partial charge in [0.2, 0.25) is 5.89 Å². The molecule has 0 spiro atoms. The molecule has 2 aromatic rings. The van der Waals surface area contributed by atoms with Crippen LogP contribution in [-0.4, -0.2) is 35.5 Å². The third-order valence-electron chi connectivity index (χ3n) is 3.69. The van der Waals surface area contributed by atoms with Gasteiger partial charge in [0.05, 0.1) is 5.69 Å². The van der Waals surface area contributed by atoms with Crippen LogP contribution in [0.1, 0.15) is 18.5 Å². The first-order valence-electron chi connectivity index (χ1n) is 7.45. The fourth-order valence-corrected chi connectivity index (χ4v) is 2.48. The fourth-order valence-electron chi connectivity index (χ4n) is 2.48. The van der Waals surface area contributed by atoms with Crippen LogP contribution in [0.15, 0.2) is 34.9 Å². The van der Waals surface area contributed by atoms with Crippen LogP contribution in [0.5, 0.6) is 0 Å². The van der Waals surface area contributed by atoms with Crippen molar-refractivity contribution in [2.75, 3.05) is 19.6 Å². The summed E-state index contributed by atoms with van der Waals surface area (Å²) in [7, 11) is 0. The number of benzene rings is 1. The number of likely N-dealkylation sites (tertiary alicyclic amines) is 1. The van der Waals surface area contributed by atoms with Crippen molar-refractivity contribution in [2.45, 2.75) is 19.3 Å². The highest BCUT2D eigenvalue weighted by atomic mass is 19.1. The van der Waals surface area contributed by atoms with Crippen molar-refractivity contribution in [2.24, 2.45) is 0 Å². The molecule has 0 atom stereocenters. The van der Waals surface area contributed by atoms with Gasteiger partial charge in [0.15, 0.2) is 0 Å². The molecule has 1 aromatic heterocycles. The lowest BCUT2D eigenvalue weighted by Gasteiger charge is -2.15. The predicted molar refractivity (Wildman–Crippen MR) is 79.8 cm³/mol. The second-order valence-corrected chi connectivity index (χ2v) is 5.33. The van der Waals surface area contributed by atoms with Gasteiger partial charge in [0.25, 0.3) is 0 Å². The van der Waals surface area contributed by atoms with Gasteiger partial charge < -0.3 is 14.6 Å². The maximum Gasteiger partial charge on any atom is 0.317 e. The first-order chi connectivity index (χ1) is 10.7. The van der Waals surface area contributed by atoms with Crippen LogP contribution in [0.3, 0.4) is 0 Å². The fraction of sp³-hybridized carbons (Fsp3) is 0.375. The number of aromatic nitrogens is 1. The summed E-state index contributed by atoms with van der Waals surface area (Å²) in [6.07, 6.45) is 4.33. The molecular formula is C16H18FN3O2. The Labute approximate surface area is 128 Å². The average molecular weight is 303 g/mol. The molecule has 1 N–H and O–H groups in total. The Hall–Kier alpha value is -2.37. The summed E-state index contributed by atoms with van der Waals surface area (Å²) in [6, 6.07) is 5.98. The lowest BCUT2D eigenvalue weighted by molar-refractivity contribution is 0.209. The SMILES string of the molecule is O=C(NCCc1coc(-c2ccc(F)cc2)n1)N1CCCC1. The number of nitrogens with one attached hydrogen (secondary N) is 1. The molecule has 0 radical (unpaired) electrons. The Balaban J connectivity index is 1.51. The average Bonchev–Trinajstić information content (AvgIpc) is 3.19. The smallest absolute Gasteiger partial charge is 0.317 e. The zero-order valence-electron chi connectivity index (χ0n) is 12.2. The van der Waals surface area contributed by atoms with Crippen molar-refractivity contribution < 1.29 is 13.6 Å². The van der Waals surface area contributed by atoms with E-state index in [0.29, 0.717) is 18.9 Å². The number of nitrogens with zero attached hydrogens (tertiary/aromatic N) is 2. The van der Waals surface area contributed by atoms with E-state index in [1.165, 1.54) is 12.1 Å². The van der Waals surface area contributed by atoms with Gasteiger partial charge in [-0.1, -0.05) is 0 Å². The van der Waals surface area contributed by atoms with E-state index in [-0.39, 0.29) is 11.8 Å². The standard InChI is InChI=1S/C16H18FN3O2/c17-13-5-3-12(4-6-13)15-19-14(11-22-15)7-8-18-16(21)20-9-1-2-10-20/h3-6,11H,1-2,7-10H2,(H,18,21). The summed E-state index contributed by atoms with van der Waals surface area (Å²) in [6.45, 7) is 2.19. The molecule has 0 unspecified atom stereocenters. The molecule has 1 aliphatic heterocycles. The molecule has 5 nitrogen and oxygen atoms in total.